The lowest BCUT2D eigenvalue weighted by molar-refractivity contribution is -0.174. The number of ether oxygens (including phenoxy) is 1. The summed E-state index contributed by atoms with van der Waals surface area (Å²) >= 11 is 0. The van der Waals surface area contributed by atoms with Gasteiger partial charge in [-0.05, 0) is 31.6 Å². The van der Waals surface area contributed by atoms with E-state index in [1.54, 1.807) is 0 Å². The summed E-state index contributed by atoms with van der Waals surface area (Å²) in [6.07, 6.45) is -1.14. The zero-order valence-electron chi connectivity index (χ0n) is 14.3. The third-order valence-corrected chi connectivity index (χ3v) is 5.74. The van der Waals surface area contributed by atoms with Gasteiger partial charge < -0.3 is 15.0 Å². The van der Waals surface area contributed by atoms with Gasteiger partial charge in [0.25, 0.3) is 0 Å². The van der Waals surface area contributed by atoms with Crippen molar-refractivity contribution in [1.29, 1.82) is 0 Å². The van der Waals surface area contributed by atoms with Crippen LogP contribution < -0.4 is 5.32 Å². The molecule has 1 aromatic heterocycles. The first-order valence-electron chi connectivity index (χ1n) is 9.03. The molecule has 0 radical (unpaired) electrons. The molecular weight excluding hydrogens is 351 g/mol. The van der Waals surface area contributed by atoms with Gasteiger partial charge in [0.05, 0.1) is 12.5 Å². The number of fused-ring (bicyclic) bond motifs is 1. The first kappa shape index (κ1) is 17.6. The second-order valence-corrected chi connectivity index (χ2v) is 7.30. The van der Waals surface area contributed by atoms with Gasteiger partial charge >= 0.3 is 6.18 Å². The van der Waals surface area contributed by atoms with Crippen molar-refractivity contribution in [2.75, 3.05) is 31.6 Å². The van der Waals surface area contributed by atoms with Gasteiger partial charge in [0.15, 0.2) is 6.04 Å². The van der Waals surface area contributed by atoms with Crippen LogP contribution in [0.4, 0.5) is 19.1 Å². The van der Waals surface area contributed by atoms with E-state index in [9.17, 15) is 18.0 Å². The molecule has 0 saturated carbocycles. The lowest BCUT2D eigenvalue weighted by atomic mass is 9.84. The number of nitrogens with zero attached hydrogens (tertiary/aromatic N) is 4. The predicted octanol–water partition coefficient (Wildman–Crippen LogP) is 1.84. The average molecular weight is 373 g/mol. The molecule has 1 aromatic rings. The van der Waals surface area contributed by atoms with Crippen LogP contribution in [-0.4, -0.2) is 64.1 Å². The quantitative estimate of drug-likeness (QED) is 0.857. The second-order valence-electron chi connectivity index (χ2n) is 7.30. The van der Waals surface area contributed by atoms with E-state index in [0.29, 0.717) is 39.1 Å². The Morgan fingerprint density at radius 1 is 1.27 bits per heavy atom. The van der Waals surface area contributed by atoms with Crippen LogP contribution in [0.1, 0.15) is 31.7 Å². The van der Waals surface area contributed by atoms with Gasteiger partial charge in [-0.1, -0.05) is 0 Å². The molecule has 4 rings (SSSR count). The summed E-state index contributed by atoms with van der Waals surface area (Å²) in [5, 5.41) is 6.84. The summed E-state index contributed by atoms with van der Waals surface area (Å²) < 4.78 is 46.4. The smallest absolute Gasteiger partial charge is 0.381 e. The van der Waals surface area contributed by atoms with Crippen LogP contribution in [0.25, 0.3) is 0 Å². The second kappa shape index (κ2) is 6.71. The fourth-order valence-corrected chi connectivity index (χ4v) is 4.24. The lowest BCUT2D eigenvalue weighted by Crippen LogP contribution is -2.48. The standard InChI is InChI=1S/C16H22F3N5O2/c17-16(18,19)13-7-12(22-15-20-9-21-24(13)15)10-1-4-23(5-2-10)14(25)11-3-6-26-8-11/h9-13H,1-8H2,(H,20,21,22)/t11?,12-,13+/m0/s1. The van der Waals surface area contributed by atoms with Crippen molar-refractivity contribution in [2.24, 2.45) is 11.8 Å². The van der Waals surface area contributed by atoms with Crippen molar-refractivity contribution in [3.05, 3.63) is 6.33 Å². The molecule has 1 amide bonds. The van der Waals surface area contributed by atoms with Crippen LogP contribution in [-0.2, 0) is 9.53 Å². The highest BCUT2D eigenvalue weighted by Gasteiger charge is 2.48. The minimum absolute atomic E-state index is 0.0606. The molecule has 26 heavy (non-hydrogen) atoms. The Labute approximate surface area is 148 Å². The van der Waals surface area contributed by atoms with Crippen molar-refractivity contribution >= 4 is 11.9 Å². The minimum atomic E-state index is -4.36. The predicted molar refractivity (Wildman–Crippen MR) is 85.4 cm³/mol. The van der Waals surface area contributed by atoms with Gasteiger partial charge in [0.2, 0.25) is 11.9 Å². The monoisotopic (exact) mass is 373 g/mol. The molecule has 0 spiro atoms. The largest absolute Gasteiger partial charge is 0.411 e. The number of hydrogen-bond donors (Lipinski definition) is 1. The molecule has 0 bridgehead atoms. The molecule has 144 valence electrons. The third kappa shape index (κ3) is 3.26. The van der Waals surface area contributed by atoms with Crippen molar-refractivity contribution in [2.45, 2.75) is 43.9 Å². The van der Waals surface area contributed by atoms with E-state index in [0.717, 1.165) is 17.4 Å². The number of amides is 1. The maximum Gasteiger partial charge on any atom is 0.411 e. The Kier molecular flexibility index (Phi) is 4.54. The van der Waals surface area contributed by atoms with Crippen LogP contribution in [0.2, 0.25) is 0 Å². The van der Waals surface area contributed by atoms with Crippen LogP contribution in [0.3, 0.4) is 0 Å². The topological polar surface area (TPSA) is 72.3 Å². The highest BCUT2D eigenvalue weighted by Crippen LogP contribution is 2.41. The number of carbonyl (C=O) groups is 1. The molecule has 10 heteroatoms. The Hall–Kier alpha value is -1.84. The highest BCUT2D eigenvalue weighted by molar-refractivity contribution is 5.79. The first-order chi connectivity index (χ1) is 12.4. The molecule has 3 aliphatic rings. The van der Waals surface area contributed by atoms with E-state index in [4.69, 9.17) is 4.74 Å². The number of carbonyl (C=O) groups excluding carboxylic acids is 1. The van der Waals surface area contributed by atoms with E-state index in [1.807, 2.05) is 4.90 Å². The lowest BCUT2D eigenvalue weighted by Gasteiger charge is -2.40. The van der Waals surface area contributed by atoms with Gasteiger partial charge in [0.1, 0.15) is 6.33 Å². The number of nitrogens with one attached hydrogen (secondary N) is 1. The molecule has 3 atom stereocenters. The van der Waals surface area contributed by atoms with E-state index in [2.05, 4.69) is 15.4 Å². The van der Waals surface area contributed by atoms with Gasteiger partial charge in [-0.2, -0.15) is 23.3 Å². The van der Waals surface area contributed by atoms with Gasteiger partial charge in [0, 0.05) is 25.7 Å². The van der Waals surface area contributed by atoms with Gasteiger partial charge in [-0.3, -0.25) is 4.79 Å². The van der Waals surface area contributed by atoms with E-state index < -0.39 is 12.2 Å². The summed E-state index contributed by atoms with van der Waals surface area (Å²) in [5.74, 6) is 0.303. The zero-order valence-corrected chi connectivity index (χ0v) is 14.3. The molecule has 0 aromatic carbocycles. The van der Waals surface area contributed by atoms with Gasteiger partial charge in [-0.15, -0.1) is 0 Å². The SMILES string of the molecule is O=C(C1CCOC1)N1CCC([C@@H]2C[C@H](C(F)(F)F)n3ncnc3N2)CC1. The molecule has 1 N–H and O–H groups in total. The molecule has 7 nitrogen and oxygen atoms in total. The number of halogens is 3. The summed E-state index contributed by atoms with van der Waals surface area (Å²) in [7, 11) is 0. The fraction of sp³-hybridized carbons (Fsp3) is 0.812. The third-order valence-electron chi connectivity index (χ3n) is 5.74. The number of alkyl halides is 3. The molecule has 2 fully saturated rings. The molecular formula is C16H22F3N5O2. The number of aromatic nitrogens is 3. The zero-order chi connectivity index (χ0) is 18.3. The van der Waals surface area contributed by atoms with E-state index in [1.165, 1.54) is 0 Å². The normalized spacial score (nSPS) is 30.1. The fourth-order valence-electron chi connectivity index (χ4n) is 4.24. The molecule has 1 unspecified atom stereocenters. The highest BCUT2D eigenvalue weighted by atomic mass is 19.4. The minimum Gasteiger partial charge on any atom is -0.381 e. The van der Waals surface area contributed by atoms with Crippen molar-refractivity contribution in [1.82, 2.24) is 19.7 Å². The molecule has 4 heterocycles. The number of piperidine rings is 1. The molecule has 2 saturated heterocycles. The van der Waals surface area contributed by atoms with Crippen LogP contribution in [0.5, 0.6) is 0 Å². The average Bonchev–Trinajstić information content (AvgIpc) is 3.31. The van der Waals surface area contributed by atoms with Crippen LogP contribution >= 0.6 is 0 Å². The Balaban J connectivity index is 1.39. The summed E-state index contributed by atoms with van der Waals surface area (Å²) in [5.41, 5.74) is 0. The molecule has 3 aliphatic heterocycles. The summed E-state index contributed by atoms with van der Waals surface area (Å²) in [6, 6.07) is -1.97. The number of hydrogen-bond acceptors (Lipinski definition) is 5. The Morgan fingerprint density at radius 2 is 2.04 bits per heavy atom. The van der Waals surface area contributed by atoms with Crippen molar-refractivity contribution in [3.63, 3.8) is 0 Å². The maximum absolute atomic E-state index is 13.4. The van der Waals surface area contributed by atoms with Crippen molar-refractivity contribution < 1.29 is 22.7 Å². The van der Waals surface area contributed by atoms with E-state index in [-0.39, 0.29) is 36.2 Å². The van der Waals surface area contributed by atoms with E-state index >= 15 is 0 Å². The Bertz CT molecular complexity index is 651. The summed E-state index contributed by atoms with van der Waals surface area (Å²) in [4.78, 5) is 18.2. The van der Waals surface area contributed by atoms with Crippen LogP contribution in [0, 0.1) is 11.8 Å². The number of rotatable bonds is 2. The Morgan fingerprint density at radius 3 is 2.69 bits per heavy atom. The number of likely N-dealkylation sites (tertiary alicyclic amines) is 1. The number of anilines is 1. The van der Waals surface area contributed by atoms with Crippen LogP contribution in [0.15, 0.2) is 6.33 Å². The first-order valence-corrected chi connectivity index (χ1v) is 9.03. The van der Waals surface area contributed by atoms with Crippen molar-refractivity contribution in [3.8, 4) is 0 Å². The van der Waals surface area contributed by atoms with Gasteiger partial charge in [-0.25, -0.2) is 4.68 Å². The summed E-state index contributed by atoms with van der Waals surface area (Å²) in [6.45, 7) is 2.27. The molecule has 0 aliphatic carbocycles. The maximum atomic E-state index is 13.4.